The van der Waals surface area contributed by atoms with Crippen molar-refractivity contribution >= 4 is 5.91 Å². The Morgan fingerprint density at radius 2 is 1.74 bits per heavy atom. The van der Waals surface area contributed by atoms with Crippen molar-refractivity contribution in [3.63, 3.8) is 0 Å². The highest BCUT2D eigenvalue weighted by molar-refractivity contribution is 5.94. The van der Waals surface area contributed by atoms with Crippen molar-refractivity contribution in [2.75, 3.05) is 21.3 Å². The highest BCUT2D eigenvalue weighted by atomic mass is 16.5. The summed E-state index contributed by atoms with van der Waals surface area (Å²) in [5.41, 5.74) is 2.38. The Morgan fingerprint density at radius 1 is 1.00 bits per heavy atom. The third-order valence-electron chi connectivity index (χ3n) is 3.57. The van der Waals surface area contributed by atoms with Gasteiger partial charge in [-0.1, -0.05) is 6.07 Å². The molecule has 5 heteroatoms. The second-order valence-corrected chi connectivity index (χ2v) is 5.05. The number of hydrogen-bond donors (Lipinski definition) is 1. The van der Waals surface area contributed by atoms with E-state index in [1.807, 2.05) is 19.1 Å². The van der Waals surface area contributed by atoms with Crippen LogP contribution >= 0.6 is 0 Å². The Bertz CT molecular complexity index is 697. The van der Waals surface area contributed by atoms with E-state index in [1.165, 1.54) is 0 Å². The summed E-state index contributed by atoms with van der Waals surface area (Å²) in [6, 6.07) is 10.8. The summed E-state index contributed by atoms with van der Waals surface area (Å²) in [5.74, 6) is 1.95. The van der Waals surface area contributed by atoms with Gasteiger partial charge in [-0.25, -0.2) is 0 Å². The summed E-state index contributed by atoms with van der Waals surface area (Å²) in [7, 11) is 4.79. The fourth-order valence-corrected chi connectivity index (χ4v) is 2.29. The van der Waals surface area contributed by atoms with Crippen molar-refractivity contribution in [1.29, 1.82) is 0 Å². The molecule has 0 heterocycles. The average molecular weight is 315 g/mol. The van der Waals surface area contributed by atoms with Crippen LogP contribution in [0, 0.1) is 6.92 Å². The molecule has 2 aromatic rings. The number of hydrogen-bond acceptors (Lipinski definition) is 4. The molecular formula is C18H21NO4. The zero-order valence-electron chi connectivity index (χ0n) is 13.8. The maximum atomic E-state index is 12.3. The molecule has 0 spiro atoms. The van der Waals surface area contributed by atoms with Gasteiger partial charge in [-0.2, -0.15) is 0 Å². The monoisotopic (exact) mass is 315 g/mol. The van der Waals surface area contributed by atoms with E-state index in [9.17, 15) is 4.79 Å². The summed E-state index contributed by atoms with van der Waals surface area (Å²) in [4.78, 5) is 12.3. The minimum absolute atomic E-state index is 0.175. The molecule has 0 radical (unpaired) electrons. The van der Waals surface area contributed by atoms with Crippen molar-refractivity contribution in [3.8, 4) is 17.2 Å². The molecule has 5 nitrogen and oxygen atoms in total. The Balaban J connectivity index is 2.14. The van der Waals surface area contributed by atoms with Crippen LogP contribution in [0.2, 0.25) is 0 Å². The largest absolute Gasteiger partial charge is 0.497 e. The predicted molar refractivity (Wildman–Crippen MR) is 88.4 cm³/mol. The quantitative estimate of drug-likeness (QED) is 0.890. The fourth-order valence-electron chi connectivity index (χ4n) is 2.29. The summed E-state index contributed by atoms with van der Waals surface area (Å²) >= 11 is 0. The van der Waals surface area contributed by atoms with E-state index in [2.05, 4.69) is 5.32 Å². The minimum Gasteiger partial charge on any atom is -0.497 e. The Hall–Kier alpha value is -2.69. The van der Waals surface area contributed by atoms with E-state index >= 15 is 0 Å². The third kappa shape index (κ3) is 3.94. The summed E-state index contributed by atoms with van der Waals surface area (Å²) in [6.07, 6.45) is 0. The van der Waals surface area contributed by atoms with Gasteiger partial charge in [0.1, 0.15) is 17.2 Å². The zero-order chi connectivity index (χ0) is 16.8. The first kappa shape index (κ1) is 16.7. The van der Waals surface area contributed by atoms with Gasteiger partial charge >= 0.3 is 0 Å². The number of nitrogens with one attached hydrogen (secondary N) is 1. The molecule has 0 saturated heterocycles. The lowest BCUT2D eigenvalue weighted by Crippen LogP contribution is -2.23. The first-order valence-corrected chi connectivity index (χ1v) is 7.22. The van der Waals surface area contributed by atoms with E-state index in [0.29, 0.717) is 23.6 Å². The van der Waals surface area contributed by atoms with E-state index in [1.54, 1.807) is 45.6 Å². The topological polar surface area (TPSA) is 56.8 Å². The first-order chi connectivity index (χ1) is 11.1. The highest BCUT2D eigenvalue weighted by Gasteiger charge is 2.11. The molecule has 0 bridgehead atoms. The van der Waals surface area contributed by atoms with Crippen molar-refractivity contribution in [2.45, 2.75) is 13.5 Å². The second-order valence-electron chi connectivity index (χ2n) is 5.05. The second kappa shape index (κ2) is 7.54. The molecule has 0 aliphatic heterocycles. The lowest BCUT2D eigenvalue weighted by Gasteiger charge is -2.14. The number of amides is 1. The Kier molecular flexibility index (Phi) is 5.46. The number of methoxy groups -OCH3 is 3. The number of aryl methyl sites for hydroxylation is 1. The van der Waals surface area contributed by atoms with Crippen LogP contribution < -0.4 is 19.5 Å². The van der Waals surface area contributed by atoms with Gasteiger partial charge in [-0.15, -0.1) is 0 Å². The zero-order valence-corrected chi connectivity index (χ0v) is 13.8. The molecule has 0 unspecified atom stereocenters. The molecule has 0 aromatic heterocycles. The molecule has 2 aromatic carbocycles. The number of benzene rings is 2. The van der Waals surface area contributed by atoms with Gasteiger partial charge in [0.2, 0.25) is 0 Å². The summed E-state index contributed by atoms with van der Waals surface area (Å²) in [6.45, 7) is 2.29. The molecule has 23 heavy (non-hydrogen) atoms. The molecule has 0 saturated carbocycles. The molecular weight excluding hydrogens is 294 g/mol. The van der Waals surface area contributed by atoms with Crippen LogP contribution in [0.15, 0.2) is 36.4 Å². The molecule has 0 atom stereocenters. The highest BCUT2D eigenvalue weighted by Crippen LogP contribution is 2.28. The van der Waals surface area contributed by atoms with Crippen LogP contribution in [-0.4, -0.2) is 27.2 Å². The van der Waals surface area contributed by atoms with E-state index in [-0.39, 0.29) is 5.91 Å². The molecule has 2 rings (SSSR count). The fraction of sp³-hybridized carbons (Fsp3) is 0.278. The van der Waals surface area contributed by atoms with Gasteiger partial charge in [0, 0.05) is 17.7 Å². The van der Waals surface area contributed by atoms with Crippen molar-refractivity contribution in [2.24, 2.45) is 0 Å². The summed E-state index contributed by atoms with van der Waals surface area (Å²) in [5, 5.41) is 2.88. The molecule has 0 aliphatic rings. The Labute approximate surface area is 136 Å². The van der Waals surface area contributed by atoms with Crippen LogP contribution in [-0.2, 0) is 6.54 Å². The normalized spacial score (nSPS) is 10.1. The van der Waals surface area contributed by atoms with Crippen LogP contribution in [0.25, 0.3) is 0 Å². The van der Waals surface area contributed by atoms with Gasteiger partial charge in [-0.3, -0.25) is 4.79 Å². The lowest BCUT2D eigenvalue weighted by atomic mass is 10.1. The molecule has 0 aliphatic carbocycles. The predicted octanol–water partition coefficient (Wildman–Crippen LogP) is 2.95. The maximum Gasteiger partial charge on any atom is 0.251 e. The van der Waals surface area contributed by atoms with Gasteiger partial charge in [0.15, 0.2) is 0 Å². The van der Waals surface area contributed by atoms with Crippen LogP contribution in [0.3, 0.4) is 0 Å². The number of ether oxygens (including phenoxy) is 3. The number of rotatable bonds is 6. The first-order valence-electron chi connectivity index (χ1n) is 7.22. The van der Waals surface area contributed by atoms with Crippen molar-refractivity contribution < 1.29 is 19.0 Å². The van der Waals surface area contributed by atoms with Crippen LogP contribution in [0.1, 0.15) is 21.5 Å². The number of carbonyl (C=O) groups is 1. The van der Waals surface area contributed by atoms with E-state index in [0.717, 1.165) is 16.9 Å². The van der Waals surface area contributed by atoms with Gasteiger partial charge < -0.3 is 19.5 Å². The number of carbonyl (C=O) groups excluding carboxylic acids is 1. The lowest BCUT2D eigenvalue weighted by molar-refractivity contribution is 0.0950. The van der Waals surface area contributed by atoms with E-state index in [4.69, 9.17) is 14.2 Å². The average Bonchev–Trinajstić information content (AvgIpc) is 2.59. The molecule has 122 valence electrons. The smallest absolute Gasteiger partial charge is 0.251 e. The molecule has 0 fully saturated rings. The SMILES string of the molecule is COc1cccc(C(=O)NCc2cc(OC)c(C)cc2OC)c1. The van der Waals surface area contributed by atoms with Gasteiger partial charge in [-0.05, 0) is 42.8 Å². The van der Waals surface area contributed by atoms with Crippen LogP contribution in [0.5, 0.6) is 17.2 Å². The molecule has 1 amide bonds. The maximum absolute atomic E-state index is 12.3. The summed E-state index contributed by atoms with van der Waals surface area (Å²) < 4.78 is 15.8. The van der Waals surface area contributed by atoms with E-state index < -0.39 is 0 Å². The van der Waals surface area contributed by atoms with Gasteiger partial charge in [0.05, 0.1) is 21.3 Å². The Morgan fingerprint density at radius 3 is 2.39 bits per heavy atom. The minimum atomic E-state index is -0.175. The van der Waals surface area contributed by atoms with Crippen molar-refractivity contribution in [1.82, 2.24) is 5.32 Å². The van der Waals surface area contributed by atoms with Crippen LogP contribution in [0.4, 0.5) is 0 Å². The van der Waals surface area contributed by atoms with Crippen molar-refractivity contribution in [3.05, 3.63) is 53.1 Å². The standard InChI is InChI=1S/C18H21NO4/c1-12-8-17(23-4)14(10-16(12)22-3)11-19-18(20)13-6-5-7-15(9-13)21-2/h5-10H,11H2,1-4H3,(H,19,20). The van der Waals surface area contributed by atoms with Gasteiger partial charge in [0.25, 0.3) is 5.91 Å². The molecule has 1 N–H and O–H groups in total. The third-order valence-corrected chi connectivity index (χ3v) is 3.57.